The largest absolute Gasteiger partial charge is 0.464 e. The van der Waals surface area contributed by atoms with E-state index in [9.17, 15) is 0 Å². The third-order valence-corrected chi connectivity index (χ3v) is 3.67. The first-order chi connectivity index (χ1) is 9.62. The molecule has 2 aromatic rings. The van der Waals surface area contributed by atoms with Crippen LogP contribution in [0.25, 0.3) is 0 Å². The lowest BCUT2D eigenvalue weighted by Crippen LogP contribution is -2.04. The molecule has 0 aliphatic rings. The van der Waals surface area contributed by atoms with Gasteiger partial charge in [-0.15, -0.1) is 0 Å². The predicted octanol–water partition coefficient (Wildman–Crippen LogP) is 3.08. The number of benzene rings is 1. The molecule has 1 heterocycles. The van der Waals surface area contributed by atoms with Crippen LogP contribution in [0.15, 0.2) is 28.3 Å². The average molecular weight is 290 g/mol. The van der Waals surface area contributed by atoms with Gasteiger partial charge in [0.25, 0.3) is 0 Å². The molecule has 0 aliphatic heterocycles. The highest BCUT2D eigenvalue weighted by molar-refractivity contribution is 7.99. The third-order valence-electron chi connectivity index (χ3n) is 2.62. The molecule has 0 radical (unpaired) electrons. The van der Waals surface area contributed by atoms with Gasteiger partial charge in [0.15, 0.2) is 0 Å². The van der Waals surface area contributed by atoms with Crippen molar-refractivity contribution in [3.05, 3.63) is 29.3 Å². The summed E-state index contributed by atoms with van der Waals surface area (Å²) in [5, 5.41) is 3.54. The molecule has 1 N–H and O–H groups in total. The SMILES string of the molecule is CCOc1nc(NC)nc(Sc2ccc(C)cc2C)n1. The van der Waals surface area contributed by atoms with Gasteiger partial charge in [0, 0.05) is 11.9 Å². The van der Waals surface area contributed by atoms with E-state index < -0.39 is 0 Å². The van der Waals surface area contributed by atoms with Crippen LogP contribution in [-0.2, 0) is 0 Å². The first-order valence-electron chi connectivity index (χ1n) is 6.44. The quantitative estimate of drug-likeness (QED) is 0.913. The molecule has 0 bridgehead atoms. The van der Waals surface area contributed by atoms with Gasteiger partial charge in [-0.05, 0) is 44.2 Å². The van der Waals surface area contributed by atoms with Crippen molar-refractivity contribution in [3.63, 3.8) is 0 Å². The zero-order chi connectivity index (χ0) is 14.5. The minimum absolute atomic E-state index is 0.346. The highest BCUT2D eigenvalue weighted by Crippen LogP contribution is 2.29. The standard InChI is InChI=1S/C14H18N4OS/c1-5-19-13-16-12(15-4)17-14(18-13)20-11-7-6-9(2)8-10(11)3/h6-8H,5H2,1-4H3,(H,15,16,17,18). The van der Waals surface area contributed by atoms with Gasteiger partial charge >= 0.3 is 6.01 Å². The van der Waals surface area contributed by atoms with Crippen molar-refractivity contribution in [1.82, 2.24) is 15.0 Å². The van der Waals surface area contributed by atoms with E-state index in [0.717, 1.165) is 4.90 Å². The summed E-state index contributed by atoms with van der Waals surface area (Å²) in [7, 11) is 1.77. The minimum Gasteiger partial charge on any atom is -0.464 e. The molecule has 1 aromatic carbocycles. The van der Waals surface area contributed by atoms with E-state index in [0.29, 0.717) is 23.7 Å². The van der Waals surface area contributed by atoms with E-state index in [4.69, 9.17) is 4.74 Å². The molecular weight excluding hydrogens is 272 g/mol. The molecule has 0 saturated carbocycles. The Bertz CT molecular complexity index is 604. The van der Waals surface area contributed by atoms with Crippen LogP contribution in [0.3, 0.4) is 0 Å². The van der Waals surface area contributed by atoms with E-state index in [1.165, 1.54) is 22.9 Å². The highest BCUT2D eigenvalue weighted by Gasteiger charge is 2.09. The van der Waals surface area contributed by atoms with Crippen molar-refractivity contribution in [3.8, 4) is 6.01 Å². The predicted molar refractivity (Wildman–Crippen MR) is 80.6 cm³/mol. The molecule has 106 valence electrons. The summed E-state index contributed by atoms with van der Waals surface area (Å²) in [6.45, 7) is 6.59. The fraction of sp³-hybridized carbons (Fsp3) is 0.357. The molecule has 0 aliphatic carbocycles. The van der Waals surface area contributed by atoms with Crippen molar-refractivity contribution < 1.29 is 4.74 Å². The summed E-state index contributed by atoms with van der Waals surface area (Å²) in [6, 6.07) is 6.66. The Morgan fingerprint density at radius 3 is 2.65 bits per heavy atom. The summed E-state index contributed by atoms with van der Waals surface area (Å²) in [5.74, 6) is 0.510. The Kier molecular flexibility index (Phi) is 4.79. The second-order valence-electron chi connectivity index (χ2n) is 4.28. The van der Waals surface area contributed by atoms with Gasteiger partial charge in [-0.3, -0.25) is 0 Å². The molecule has 2 rings (SSSR count). The molecule has 5 nitrogen and oxygen atoms in total. The number of nitrogens with one attached hydrogen (secondary N) is 1. The van der Waals surface area contributed by atoms with Crippen LogP contribution in [0, 0.1) is 13.8 Å². The monoisotopic (exact) mass is 290 g/mol. The van der Waals surface area contributed by atoms with Crippen LogP contribution < -0.4 is 10.1 Å². The number of ether oxygens (including phenoxy) is 1. The second-order valence-corrected chi connectivity index (χ2v) is 5.29. The molecule has 0 atom stereocenters. The topological polar surface area (TPSA) is 59.9 Å². The number of hydrogen-bond donors (Lipinski definition) is 1. The molecule has 20 heavy (non-hydrogen) atoms. The Balaban J connectivity index is 2.29. The summed E-state index contributed by atoms with van der Waals surface area (Å²) in [4.78, 5) is 13.9. The van der Waals surface area contributed by atoms with E-state index >= 15 is 0 Å². The number of hydrogen-bond acceptors (Lipinski definition) is 6. The van der Waals surface area contributed by atoms with Gasteiger partial charge in [-0.25, -0.2) is 0 Å². The van der Waals surface area contributed by atoms with Crippen LogP contribution in [0.2, 0.25) is 0 Å². The fourth-order valence-corrected chi connectivity index (χ4v) is 2.51. The summed E-state index contributed by atoms with van der Waals surface area (Å²) in [5.41, 5.74) is 2.45. The molecular formula is C14H18N4OS. The summed E-state index contributed by atoms with van der Waals surface area (Å²) < 4.78 is 5.36. The first-order valence-corrected chi connectivity index (χ1v) is 7.25. The van der Waals surface area contributed by atoms with Crippen LogP contribution in [-0.4, -0.2) is 28.6 Å². The number of nitrogens with zero attached hydrogens (tertiary/aromatic N) is 3. The van der Waals surface area contributed by atoms with Gasteiger partial charge in [0.2, 0.25) is 11.1 Å². The van der Waals surface area contributed by atoms with Gasteiger partial charge in [-0.2, -0.15) is 15.0 Å². The van der Waals surface area contributed by atoms with Gasteiger partial charge < -0.3 is 10.1 Å². The van der Waals surface area contributed by atoms with Gasteiger partial charge in [-0.1, -0.05) is 17.7 Å². The van der Waals surface area contributed by atoms with Crippen molar-refractivity contribution in [2.24, 2.45) is 0 Å². The number of rotatable bonds is 5. The van der Waals surface area contributed by atoms with Crippen LogP contribution in [0.5, 0.6) is 6.01 Å². The molecule has 0 unspecified atom stereocenters. The van der Waals surface area contributed by atoms with E-state index in [2.05, 4.69) is 52.3 Å². The smallest absolute Gasteiger partial charge is 0.322 e. The molecule has 1 aromatic heterocycles. The van der Waals surface area contributed by atoms with Crippen molar-refractivity contribution >= 4 is 17.7 Å². The van der Waals surface area contributed by atoms with Gasteiger partial charge in [0.1, 0.15) is 0 Å². The highest BCUT2D eigenvalue weighted by atomic mass is 32.2. The molecule has 0 fully saturated rings. The lowest BCUT2D eigenvalue weighted by molar-refractivity contribution is 0.308. The maximum absolute atomic E-state index is 5.36. The number of aromatic nitrogens is 3. The number of anilines is 1. The third kappa shape index (κ3) is 3.60. The Hall–Kier alpha value is -1.82. The zero-order valence-corrected chi connectivity index (χ0v) is 12.9. The molecule has 0 spiro atoms. The second kappa shape index (κ2) is 6.56. The van der Waals surface area contributed by atoms with Crippen LogP contribution >= 0.6 is 11.8 Å². The average Bonchev–Trinajstić information content (AvgIpc) is 2.42. The summed E-state index contributed by atoms with van der Waals surface area (Å²) >= 11 is 1.51. The van der Waals surface area contributed by atoms with E-state index in [1.807, 2.05) is 6.92 Å². The lowest BCUT2D eigenvalue weighted by atomic mass is 10.2. The minimum atomic E-state index is 0.346. The zero-order valence-electron chi connectivity index (χ0n) is 12.1. The van der Waals surface area contributed by atoms with E-state index in [-0.39, 0.29) is 0 Å². The summed E-state index contributed by atoms with van der Waals surface area (Å²) in [6.07, 6.45) is 0. The fourth-order valence-electron chi connectivity index (χ4n) is 1.70. The van der Waals surface area contributed by atoms with Gasteiger partial charge in [0.05, 0.1) is 6.61 Å². The van der Waals surface area contributed by atoms with Crippen LogP contribution in [0.4, 0.5) is 5.95 Å². The normalized spacial score (nSPS) is 10.4. The van der Waals surface area contributed by atoms with Crippen molar-refractivity contribution in [2.45, 2.75) is 30.8 Å². The maximum atomic E-state index is 5.36. The molecule has 0 saturated heterocycles. The maximum Gasteiger partial charge on any atom is 0.322 e. The molecule has 0 amide bonds. The number of aryl methyl sites for hydroxylation is 2. The Morgan fingerprint density at radius 2 is 2.00 bits per heavy atom. The Morgan fingerprint density at radius 1 is 1.20 bits per heavy atom. The van der Waals surface area contributed by atoms with Crippen molar-refractivity contribution in [1.29, 1.82) is 0 Å². The Labute approximate surface area is 123 Å². The van der Waals surface area contributed by atoms with E-state index in [1.54, 1.807) is 7.05 Å². The lowest BCUT2D eigenvalue weighted by Gasteiger charge is -2.08. The first kappa shape index (κ1) is 14.6. The van der Waals surface area contributed by atoms with Crippen molar-refractivity contribution in [2.75, 3.05) is 19.0 Å². The molecule has 6 heteroatoms. The van der Waals surface area contributed by atoms with Crippen LogP contribution in [0.1, 0.15) is 18.1 Å².